The lowest BCUT2D eigenvalue weighted by molar-refractivity contribution is -0.117. The van der Waals surface area contributed by atoms with Crippen LogP contribution >= 0.6 is 11.6 Å². The van der Waals surface area contributed by atoms with Gasteiger partial charge in [-0.3, -0.25) is 4.79 Å². The van der Waals surface area contributed by atoms with Gasteiger partial charge in [0, 0.05) is 6.42 Å². The first-order valence-corrected chi connectivity index (χ1v) is 4.77. The quantitative estimate of drug-likeness (QED) is 0.764. The third kappa shape index (κ3) is 3.28. The second kappa shape index (κ2) is 5.40. The van der Waals surface area contributed by atoms with E-state index in [-0.39, 0.29) is 12.3 Å². The van der Waals surface area contributed by atoms with Crippen molar-refractivity contribution in [2.24, 2.45) is 5.73 Å². The number of carbonyl (C=O) groups is 1. The normalized spacial score (nSPS) is 11.5. The second-order valence-corrected chi connectivity index (χ2v) is 3.39. The van der Waals surface area contributed by atoms with Crippen LogP contribution in [0, 0.1) is 12.3 Å². The number of amides is 1. The number of nitrogens with two attached hydrogens (primary N) is 1. The second-order valence-electron chi connectivity index (χ2n) is 2.98. The van der Waals surface area contributed by atoms with E-state index in [1.165, 1.54) is 0 Å². The maximum absolute atomic E-state index is 11.5. The van der Waals surface area contributed by atoms with Gasteiger partial charge in [-0.05, 0) is 12.1 Å². The Hall–Kier alpha value is -1.50. The van der Waals surface area contributed by atoms with E-state index in [1.54, 1.807) is 24.3 Å². The Morgan fingerprint density at radius 3 is 2.87 bits per heavy atom. The van der Waals surface area contributed by atoms with Gasteiger partial charge in [0.25, 0.3) is 0 Å². The number of halogens is 1. The predicted octanol–water partition coefficient (Wildman–Crippen LogP) is 1.63. The highest BCUT2D eigenvalue weighted by Crippen LogP contribution is 2.20. The monoisotopic (exact) mass is 222 g/mol. The molecule has 0 saturated carbocycles. The van der Waals surface area contributed by atoms with Crippen molar-refractivity contribution < 1.29 is 4.79 Å². The zero-order chi connectivity index (χ0) is 11.3. The van der Waals surface area contributed by atoms with E-state index < -0.39 is 6.04 Å². The van der Waals surface area contributed by atoms with E-state index in [2.05, 4.69) is 11.2 Å². The highest BCUT2D eigenvalue weighted by Gasteiger charge is 2.12. The summed E-state index contributed by atoms with van der Waals surface area (Å²) in [6, 6.07) is 6.23. The fraction of sp³-hybridized carbons (Fsp3) is 0.182. The minimum absolute atomic E-state index is 0.205. The smallest absolute Gasteiger partial charge is 0.242 e. The van der Waals surface area contributed by atoms with Crippen molar-refractivity contribution in [3.05, 3.63) is 29.3 Å². The number of hydrogen-bond donors (Lipinski definition) is 2. The molecule has 15 heavy (non-hydrogen) atoms. The van der Waals surface area contributed by atoms with Gasteiger partial charge in [0.15, 0.2) is 0 Å². The van der Waals surface area contributed by atoms with Crippen LogP contribution in [-0.4, -0.2) is 11.9 Å². The van der Waals surface area contributed by atoms with Gasteiger partial charge in [-0.2, -0.15) is 0 Å². The molecule has 0 aromatic heterocycles. The molecule has 1 atom stereocenters. The van der Waals surface area contributed by atoms with Crippen LogP contribution in [0.25, 0.3) is 0 Å². The molecule has 0 aliphatic heterocycles. The molecule has 78 valence electrons. The van der Waals surface area contributed by atoms with Crippen LogP contribution in [0.2, 0.25) is 5.02 Å². The molecule has 0 saturated heterocycles. The maximum atomic E-state index is 11.5. The van der Waals surface area contributed by atoms with Crippen LogP contribution in [0.15, 0.2) is 24.3 Å². The molecule has 4 heteroatoms. The largest absolute Gasteiger partial charge is 0.323 e. The van der Waals surface area contributed by atoms with Crippen molar-refractivity contribution in [1.29, 1.82) is 0 Å². The Bertz CT molecular complexity index is 398. The zero-order valence-electron chi connectivity index (χ0n) is 8.03. The third-order valence-corrected chi connectivity index (χ3v) is 2.14. The zero-order valence-corrected chi connectivity index (χ0v) is 8.79. The lowest BCUT2D eigenvalue weighted by atomic mass is 10.2. The van der Waals surface area contributed by atoms with Gasteiger partial charge < -0.3 is 11.1 Å². The standard InChI is InChI=1S/C11H11ClN2O/c1-2-5-9(13)11(15)14-10-7-4-3-6-8(10)12/h1,3-4,6-7,9H,5,13H2,(H,14,15). The van der Waals surface area contributed by atoms with Crippen molar-refractivity contribution in [2.45, 2.75) is 12.5 Å². The number of terminal acetylenes is 1. The van der Waals surface area contributed by atoms with Gasteiger partial charge in [0.1, 0.15) is 0 Å². The highest BCUT2D eigenvalue weighted by molar-refractivity contribution is 6.33. The SMILES string of the molecule is C#CCC(N)C(=O)Nc1ccccc1Cl. The van der Waals surface area contributed by atoms with Crippen molar-refractivity contribution in [1.82, 2.24) is 0 Å². The van der Waals surface area contributed by atoms with Crippen LogP contribution in [-0.2, 0) is 4.79 Å². The molecule has 1 aromatic rings. The maximum Gasteiger partial charge on any atom is 0.242 e. The van der Waals surface area contributed by atoms with Crippen LogP contribution in [0.1, 0.15) is 6.42 Å². The fourth-order valence-electron chi connectivity index (χ4n) is 1.01. The summed E-state index contributed by atoms with van der Waals surface area (Å²) in [6.07, 6.45) is 5.26. The molecule has 0 fully saturated rings. The molecule has 1 amide bonds. The minimum Gasteiger partial charge on any atom is -0.323 e. The molecule has 0 aliphatic rings. The molecule has 3 nitrogen and oxygen atoms in total. The van der Waals surface area contributed by atoms with Crippen molar-refractivity contribution in [2.75, 3.05) is 5.32 Å². The first-order chi connectivity index (χ1) is 7.15. The summed E-state index contributed by atoms with van der Waals surface area (Å²) in [7, 11) is 0. The van der Waals surface area contributed by atoms with Crippen LogP contribution in [0.5, 0.6) is 0 Å². The number of benzene rings is 1. The lowest BCUT2D eigenvalue weighted by Gasteiger charge is -2.10. The number of anilines is 1. The van der Waals surface area contributed by atoms with E-state index >= 15 is 0 Å². The predicted molar refractivity (Wildman–Crippen MR) is 61.5 cm³/mol. The average molecular weight is 223 g/mol. The van der Waals surface area contributed by atoms with Crippen LogP contribution in [0.4, 0.5) is 5.69 Å². The first kappa shape index (κ1) is 11.6. The fourth-order valence-corrected chi connectivity index (χ4v) is 1.19. The molecule has 3 N–H and O–H groups in total. The molecule has 0 spiro atoms. The van der Waals surface area contributed by atoms with Gasteiger partial charge in [0.2, 0.25) is 5.91 Å². The van der Waals surface area contributed by atoms with E-state index in [9.17, 15) is 4.79 Å². The van der Waals surface area contributed by atoms with Crippen molar-refractivity contribution >= 4 is 23.2 Å². The topological polar surface area (TPSA) is 55.1 Å². The van der Waals surface area contributed by atoms with Crippen LogP contribution in [0.3, 0.4) is 0 Å². The number of rotatable bonds is 3. The summed E-state index contributed by atoms with van der Waals surface area (Å²) < 4.78 is 0. The summed E-state index contributed by atoms with van der Waals surface area (Å²) in [5.41, 5.74) is 6.07. The van der Waals surface area contributed by atoms with Gasteiger partial charge in [0.05, 0.1) is 16.8 Å². The molecule has 0 aliphatic carbocycles. The van der Waals surface area contributed by atoms with Gasteiger partial charge in [-0.1, -0.05) is 23.7 Å². The minimum atomic E-state index is -0.703. The Balaban J connectivity index is 2.67. The van der Waals surface area contributed by atoms with Gasteiger partial charge in [-0.15, -0.1) is 12.3 Å². The third-order valence-electron chi connectivity index (χ3n) is 1.81. The molecular formula is C11H11ClN2O. The molecular weight excluding hydrogens is 212 g/mol. The highest BCUT2D eigenvalue weighted by atomic mass is 35.5. The molecule has 0 heterocycles. The molecule has 1 unspecified atom stereocenters. The number of nitrogens with one attached hydrogen (secondary N) is 1. The summed E-state index contributed by atoms with van der Waals surface area (Å²) in [6.45, 7) is 0. The molecule has 1 rings (SSSR count). The van der Waals surface area contributed by atoms with Crippen molar-refractivity contribution in [3.63, 3.8) is 0 Å². The van der Waals surface area contributed by atoms with E-state index in [4.69, 9.17) is 23.8 Å². The summed E-state index contributed by atoms with van der Waals surface area (Å²) in [5, 5.41) is 3.07. The van der Waals surface area contributed by atoms with Crippen LogP contribution < -0.4 is 11.1 Å². The van der Waals surface area contributed by atoms with E-state index in [0.717, 1.165) is 0 Å². The number of hydrogen-bond acceptors (Lipinski definition) is 2. The summed E-state index contributed by atoms with van der Waals surface area (Å²) >= 11 is 5.85. The van der Waals surface area contributed by atoms with E-state index in [1.807, 2.05) is 0 Å². The number of para-hydroxylation sites is 1. The summed E-state index contributed by atoms with van der Waals surface area (Å²) in [4.78, 5) is 11.5. The summed E-state index contributed by atoms with van der Waals surface area (Å²) in [5.74, 6) is 2.00. The van der Waals surface area contributed by atoms with Gasteiger partial charge in [-0.25, -0.2) is 0 Å². The lowest BCUT2D eigenvalue weighted by Crippen LogP contribution is -2.35. The Morgan fingerprint density at radius 2 is 2.27 bits per heavy atom. The Kier molecular flexibility index (Phi) is 4.17. The van der Waals surface area contributed by atoms with Gasteiger partial charge >= 0.3 is 0 Å². The molecule has 0 radical (unpaired) electrons. The van der Waals surface area contributed by atoms with Crippen molar-refractivity contribution in [3.8, 4) is 12.3 Å². The number of carbonyl (C=O) groups excluding carboxylic acids is 1. The Labute approximate surface area is 93.6 Å². The molecule has 0 bridgehead atoms. The van der Waals surface area contributed by atoms with E-state index in [0.29, 0.717) is 10.7 Å². The molecule has 1 aromatic carbocycles. The first-order valence-electron chi connectivity index (χ1n) is 4.39. The average Bonchev–Trinajstić information content (AvgIpc) is 2.21. The Morgan fingerprint density at radius 1 is 1.60 bits per heavy atom.